The van der Waals surface area contributed by atoms with Crippen LogP contribution in [-0.4, -0.2) is 51.5 Å². The Morgan fingerprint density at radius 3 is 2.48 bits per heavy atom. The molecule has 0 aliphatic heterocycles. The van der Waals surface area contributed by atoms with Gasteiger partial charge < -0.3 is 9.47 Å². The van der Waals surface area contributed by atoms with Crippen LogP contribution < -0.4 is 5.32 Å². The van der Waals surface area contributed by atoms with Gasteiger partial charge in [-0.1, -0.05) is 15.9 Å². The molecule has 7 nitrogen and oxygen atoms in total. The molecule has 1 aromatic rings. The van der Waals surface area contributed by atoms with Crippen LogP contribution in [-0.2, 0) is 25.1 Å². The Morgan fingerprint density at radius 2 is 1.97 bits per heavy atom. The average molecular weight is 495 g/mol. The van der Waals surface area contributed by atoms with Crippen LogP contribution in [0.3, 0.4) is 0 Å². The topological polar surface area (TPSA) is 94.1 Å². The lowest BCUT2D eigenvalue weighted by atomic mass is 10.2. The molecule has 0 saturated heterocycles. The number of halogens is 2. The van der Waals surface area contributed by atoms with E-state index in [-0.39, 0.29) is 17.8 Å². The summed E-state index contributed by atoms with van der Waals surface area (Å²) in [6, 6.07) is 4.09. The van der Waals surface area contributed by atoms with Crippen LogP contribution in [0.15, 0.2) is 27.7 Å². The van der Waals surface area contributed by atoms with Gasteiger partial charge in [0.05, 0.1) is 11.9 Å². The predicted octanol–water partition coefficient (Wildman–Crippen LogP) is 3.85. The van der Waals surface area contributed by atoms with Crippen molar-refractivity contribution in [3.05, 3.63) is 34.1 Å². The standard InChI is InChI=1S/C19H28BrFN2O5S/c1-12(27-6)9-16(17(22-5)23-18(24)28-19(2,3)4)29(25,26)11-13-10-14(20)7-8-15(13)21/h7-8,10,12,16H,9,11H2,1-6H3,(H,22,23,24). The van der Waals surface area contributed by atoms with E-state index in [2.05, 4.69) is 26.2 Å². The molecule has 2 unspecified atom stereocenters. The first-order valence-electron chi connectivity index (χ1n) is 8.94. The van der Waals surface area contributed by atoms with Crippen LogP contribution in [0.4, 0.5) is 9.18 Å². The van der Waals surface area contributed by atoms with Crippen molar-refractivity contribution in [3.8, 4) is 0 Å². The lowest BCUT2D eigenvalue weighted by Gasteiger charge is -2.25. The molecule has 1 N–H and O–H groups in total. The van der Waals surface area contributed by atoms with Crippen molar-refractivity contribution in [1.29, 1.82) is 0 Å². The van der Waals surface area contributed by atoms with Gasteiger partial charge in [-0.25, -0.2) is 17.6 Å². The molecule has 29 heavy (non-hydrogen) atoms. The highest BCUT2D eigenvalue weighted by Crippen LogP contribution is 2.22. The van der Waals surface area contributed by atoms with Crippen LogP contribution in [0.5, 0.6) is 0 Å². The number of amides is 1. The van der Waals surface area contributed by atoms with E-state index in [9.17, 15) is 17.6 Å². The maximum Gasteiger partial charge on any atom is 0.413 e. The molecule has 164 valence electrons. The number of alkyl carbamates (subject to hydrolysis) is 1. The first-order valence-corrected chi connectivity index (χ1v) is 11.4. The summed E-state index contributed by atoms with van der Waals surface area (Å²) in [6.45, 7) is 6.76. The number of carbonyl (C=O) groups is 1. The van der Waals surface area contributed by atoms with Crippen molar-refractivity contribution in [3.63, 3.8) is 0 Å². The van der Waals surface area contributed by atoms with Crippen LogP contribution in [0.2, 0.25) is 0 Å². The van der Waals surface area contributed by atoms with E-state index in [0.717, 1.165) is 0 Å². The zero-order valence-electron chi connectivity index (χ0n) is 17.5. The number of benzene rings is 1. The fraction of sp³-hybridized carbons (Fsp3) is 0.579. The van der Waals surface area contributed by atoms with Crippen molar-refractivity contribution in [2.45, 2.75) is 56.8 Å². The molecule has 0 fully saturated rings. The summed E-state index contributed by atoms with van der Waals surface area (Å²) in [7, 11) is -1.14. The highest BCUT2D eigenvalue weighted by atomic mass is 79.9. The Morgan fingerprint density at radius 1 is 1.34 bits per heavy atom. The van der Waals surface area contributed by atoms with Crippen molar-refractivity contribution in [2.24, 2.45) is 4.99 Å². The van der Waals surface area contributed by atoms with Gasteiger partial charge in [0.15, 0.2) is 9.84 Å². The van der Waals surface area contributed by atoms with E-state index in [1.165, 1.54) is 32.4 Å². The maximum absolute atomic E-state index is 14.1. The molecule has 0 radical (unpaired) electrons. The van der Waals surface area contributed by atoms with E-state index in [4.69, 9.17) is 9.47 Å². The van der Waals surface area contributed by atoms with E-state index >= 15 is 0 Å². The summed E-state index contributed by atoms with van der Waals surface area (Å²) >= 11 is 3.22. The number of hydrogen-bond acceptors (Lipinski definition) is 6. The highest BCUT2D eigenvalue weighted by Gasteiger charge is 2.34. The number of aliphatic imine (C=N–C) groups is 1. The first-order chi connectivity index (χ1) is 13.3. The van der Waals surface area contributed by atoms with Gasteiger partial charge in [0.1, 0.15) is 22.5 Å². The minimum Gasteiger partial charge on any atom is -0.444 e. The molecule has 0 aliphatic rings. The highest BCUT2D eigenvalue weighted by molar-refractivity contribution is 9.10. The fourth-order valence-corrected chi connectivity index (χ4v) is 4.82. The Kier molecular flexibility index (Phi) is 9.23. The van der Waals surface area contributed by atoms with E-state index < -0.39 is 44.5 Å². The number of hydrogen-bond donors (Lipinski definition) is 1. The van der Waals surface area contributed by atoms with E-state index in [1.807, 2.05) is 0 Å². The minimum atomic E-state index is -3.96. The minimum absolute atomic E-state index is 0.0159. The SMILES string of the molecule is CN=C(NC(=O)OC(C)(C)C)C(CC(C)OC)S(=O)(=O)Cc1cc(Br)ccc1F. The Hall–Kier alpha value is -1.52. The van der Waals surface area contributed by atoms with Gasteiger partial charge in [0, 0.05) is 24.2 Å². The maximum atomic E-state index is 14.1. The number of rotatable bonds is 7. The van der Waals surface area contributed by atoms with Gasteiger partial charge in [-0.2, -0.15) is 0 Å². The molecule has 1 amide bonds. The fourth-order valence-electron chi connectivity index (χ4n) is 2.49. The van der Waals surface area contributed by atoms with Gasteiger partial charge in [0.2, 0.25) is 0 Å². The third kappa shape index (κ3) is 8.39. The smallest absolute Gasteiger partial charge is 0.413 e. The van der Waals surface area contributed by atoms with Crippen molar-refractivity contribution in [2.75, 3.05) is 14.2 Å². The number of sulfone groups is 1. The molecule has 0 spiro atoms. The third-order valence-electron chi connectivity index (χ3n) is 3.92. The first kappa shape index (κ1) is 25.5. The molecule has 2 atom stereocenters. The summed E-state index contributed by atoms with van der Waals surface area (Å²) in [5, 5.41) is 1.21. The normalized spacial score (nSPS) is 15.0. The monoisotopic (exact) mass is 494 g/mol. The average Bonchev–Trinajstić information content (AvgIpc) is 2.58. The van der Waals surface area contributed by atoms with Crippen LogP contribution in [0.1, 0.15) is 39.7 Å². The van der Waals surface area contributed by atoms with E-state index in [0.29, 0.717) is 4.47 Å². The largest absolute Gasteiger partial charge is 0.444 e. The molecule has 10 heteroatoms. The second-order valence-electron chi connectivity index (χ2n) is 7.55. The second-order valence-corrected chi connectivity index (χ2v) is 10.6. The summed E-state index contributed by atoms with van der Waals surface area (Å²) in [4.78, 5) is 16.1. The molecule has 0 heterocycles. The molecular formula is C19H28BrFN2O5S. The third-order valence-corrected chi connectivity index (χ3v) is 6.41. The zero-order chi connectivity index (χ0) is 22.4. The summed E-state index contributed by atoms with van der Waals surface area (Å²) < 4.78 is 51.4. The lowest BCUT2D eigenvalue weighted by Crippen LogP contribution is -2.46. The van der Waals surface area contributed by atoms with Crippen molar-refractivity contribution < 1.29 is 27.1 Å². The number of carbonyl (C=O) groups excluding carboxylic acids is 1. The molecule has 0 aliphatic carbocycles. The second kappa shape index (κ2) is 10.5. The van der Waals surface area contributed by atoms with Crippen LogP contribution in [0, 0.1) is 5.82 Å². The molecule has 1 rings (SSSR count). The number of amidine groups is 1. The van der Waals surface area contributed by atoms with Crippen LogP contribution in [0.25, 0.3) is 0 Å². The quantitative estimate of drug-likeness (QED) is 0.458. The van der Waals surface area contributed by atoms with Crippen molar-refractivity contribution >= 4 is 37.7 Å². The summed E-state index contributed by atoms with van der Waals surface area (Å²) in [5.41, 5.74) is -0.751. The number of ether oxygens (including phenoxy) is 2. The summed E-state index contributed by atoms with van der Waals surface area (Å²) in [5.74, 6) is -1.28. The van der Waals surface area contributed by atoms with Gasteiger partial charge in [-0.3, -0.25) is 10.3 Å². The molecule has 0 saturated carbocycles. The molecule has 1 aromatic carbocycles. The lowest BCUT2D eigenvalue weighted by molar-refractivity contribution is 0.0561. The van der Waals surface area contributed by atoms with Crippen molar-refractivity contribution in [1.82, 2.24) is 5.32 Å². The molecular weight excluding hydrogens is 467 g/mol. The van der Waals surface area contributed by atoms with Gasteiger partial charge in [0.25, 0.3) is 0 Å². The van der Waals surface area contributed by atoms with Gasteiger partial charge >= 0.3 is 6.09 Å². The van der Waals surface area contributed by atoms with E-state index in [1.54, 1.807) is 27.7 Å². The molecule has 0 aromatic heterocycles. The Labute approximate surface area is 180 Å². The summed E-state index contributed by atoms with van der Waals surface area (Å²) in [6.07, 6.45) is -1.24. The number of methoxy groups -OCH3 is 1. The number of nitrogens with one attached hydrogen (secondary N) is 1. The Balaban J connectivity index is 3.23. The Bertz CT molecular complexity index is 853. The van der Waals surface area contributed by atoms with Crippen LogP contribution >= 0.6 is 15.9 Å². The van der Waals surface area contributed by atoms with Gasteiger partial charge in [-0.15, -0.1) is 0 Å². The zero-order valence-corrected chi connectivity index (χ0v) is 19.9. The number of nitrogens with zero attached hydrogens (tertiary/aromatic N) is 1. The molecule has 0 bridgehead atoms. The van der Waals surface area contributed by atoms with Gasteiger partial charge in [-0.05, 0) is 52.3 Å². The predicted molar refractivity (Wildman–Crippen MR) is 114 cm³/mol.